The van der Waals surface area contributed by atoms with Crippen molar-refractivity contribution >= 4 is 0 Å². The van der Waals surface area contributed by atoms with Crippen LogP contribution >= 0.6 is 0 Å². The molecule has 0 aromatic carbocycles. The summed E-state index contributed by atoms with van der Waals surface area (Å²) in [6.07, 6.45) is 42.6. The van der Waals surface area contributed by atoms with E-state index in [1.165, 1.54) is 122 Å². The first-order chi connectivity index (χ1) is 29.1. The average Bonchev–Trinajstić information content (AvgIpc) is 3.59. The minimum atomic E-state index is -0.315. The highest BCUT2D eigenvalue weighted by atomic mass is 16.7. The van der Waals surface area contributed by atoms with E-state index in [2.05, 4.69) is 78.8 Å². The van der Waals surface area contributed by atoms with Gasteiger partial charge >= 0.3 is 0 Å². The largest absolute Gasteiger partial charge is 0.381 e. The molecule has 0 amide bonds. The Hall–Kier alpha value is -1.02. The molecule has 2 N–H and O–H groups in total. The number of fused-ring (bicyclic) bond motifs is 5. The van der Waals surface area contributed by atoms with Gasteiger partial charge in [0.25, 0.3) is 0 Å². The lowest BCUT2D eigenvalue weighted by atomic mass is 9.47. The number of hydrogen-bond donors (Lipinski definition) is 2. The lowest BCUT2D eigenvalue weighted by molar-refractivity contribution is -0.217. The number of allylic oxidation sites excluding steroid dienone is 5. The van der Waals surface area contributed by atoms with Gasteiger partial charge in [-0.2, -0.15) is 0 Å². The molecule has 0 heterocycles. The number of hydrogen-bond acceptors (Lipinski definition) is 6. The van der Waals surface area contributed by atoms with E-state index in [4.69, 9.17) is 14.2 Å². The maximum atomic E-state index is 9.89. The summed E-state index contributed by atoms with van der Waals surface area (Å²) in [6, 6.07) is 0. The Kier molecular flexibility index (Phi) is 24.1. The van der Waals surface area contributed by atoms with E-state index >= 15 is 0 Å². The smallest absolute Gasteiger partial charge is 0.158 e. The van der Waals surface area contributed by atoms with Gasteiger partial charge in [-0.25, -0.2) is 0 Å². The molecule has 6 heteroatoms. The lowest BCUT2D eigenvalue weighted by Gasteiger charge is -2.58. The Labute approximate surface area is 371 Å². The fourth-order valence-corrected chi connectivity index (χ4v) is 12.6. The number of ether oxygens (including phenoxy) is 3. The van der Waals surface area contributed by atoms with Gasteiger partial charge in [0, 0.05) is 13.2 Å². The molecule has 0 saturated heterocycles. The Bertz CT molecular complexity index is 1230. The van der Waals surface area contributed by atoms with E-state index < -0.39 is 0 Å². The van der Waals surface area contributed by atoms with Gasteiger partial charge in [0.2, 0.25) is 0 Å². The number of unbranched alkanes of at least 4 members (excludes halogenated alkanes) is 9. The van der Waals surface area contributed by atoms with Crippen molar-refractivity contribution in [3.8, 4) is 0 Å². The van der Waals surface area contributed by atoms with Crippen molar-refractivity contribution in [3.05, 3.63) is 36.0 Å². The monoisotopic (exact) mass is 840 g/mol. The fourth-order valence-electron chi connectivity index (χ4n) is 12.6. The molecule has 3 saturated carbocycles. The molecular formula is C54H97NO5. The van der Waals surface area contributed by atoms with Gasteiger partial charge in [-0.3, -0.25) is 4.90 Å². The van der Waals surface area contributed by atoms with E-state index in [-0.39, 0.29) is 32.0 Å². The van der Waals surface area contributed by atoms with Crippen molar-refractivity contribution in [3.63, 3.8) is 0 Å². The number of aliphatic hydroxyl groups excluding tert-OH is 2. The van der Waals surface area contributed by atoms with Crippen molar-refractivity contribution in [1.29, 1.82) is 0 Å². The molecule has 4 aliphatic carbocycles. The zero-order chi connectivity index (χ0) is 43.2. The highest BCUT2D eigenvalue weighted by Crippen LogP contribution is 2.67. The van der Waals surface area contributed by atoms with Crippen molar-refractivity contribution in [2.75, 3.05) is 33.2 Å². The zero-order valence-corrected chi connectivity index (χ0v) is 40.4. The minimum absolute atomic E-state index is 0.167. The summed E-state index contributed by atoms with van der Waals surface area (Å²) in [7, 11) is 0. The first-order valence-corrected chi connectivity index (χ1v) is 25.9. The van der Waals surface area contributed by atoms with Crippen LogP contribution in [-0.2, 0) is 14.2 Å². The van der Waals surface area contributed by atoms with Gasteiger partial charge in [-0.05, 0) is 143 Å². The average molecular weight is 840 g/mol. The maximum absolute atomic E-state index is 9.89. The molecule has 0 spiro atoms. The Morgan fingerprint density at radius 2 is 1.48 bits per heavy atom. The van der Waals surface area contributed by atoms with Crippen LogP contribution in [0.25, 0.3) is 0 Å². The van der Waals surface area contributed by atoms with Crippen LogP contribution in [0.5, 0.6) is 0 Å². The maximum Gasteiger partial charge on any atom is 0.158 e. The zero-order valence-electron chi connectivity index (χ0n) is 40.4. The van der Waals surface area contributed by atoms with Crippen molar-refractivity contribution < 1.29 is 24.4 Å². The van der Waals surface area contributed by atoms with Gasteiger partial charge in [0.05, 0.1) is 32.3 Å². The molecule has 0 aromatic rings. The van der Waals surface area contributed by atoms with Gasteiger partial charge in [-0.15, -0.1) is 0 Å². The van der Waals surface area contributed by atoms with E-state index in [0.29, 0.717) is 30.6 Å². The number of rotatable bonds is 32. The first kappa shape index (κ1) is 51.6. The molecule has 0 aliphatic heterocycles. The lowest BCUT2D eigenvalue weighted by Crippen LogP contribution is -2.51. The van der Waals surface area contributed by atoms with Crippen molar-refractivity contribution in [1.82, 2.24) is 4.90 Å². The molecule has 6 nitrogen and oxygen atoms in total. The Morgan fingerprint density at radius 3 is 2.18 bits per heavy atom. The fraction of sp³-hybridized carbons (Fsp3) is 0.889. The third kappa shape index (κ3) is 15.9. The summed E-state index contributed by atoms with van der Waals surface area (Å²) in [5.41, 5.74) is 2.48. The molecule has 3 fully saturated rings. The van der Waals surface area contributed by atoms with Crippen LogP contribution in [-0.4, -0.2) is 66.8 Å². The topological polar surface area (TPSA) is 71.4 Å². The number of nitrogens with zero attached hydrogens (tertiary/aromatic N) is 1. The molecule has 10 atom stereocenters. The summed E-state index contributed by atoms with van der Waals surface area (Å²) in [5, 5.41) is 19.8. The number of aliphatic hydroxyl groups is 2. The summed E-state index contributed by atoms with van der Waals surface area (Å²) in [4.78, 5) is 1.60. The highest BCUT2D eigenvalue weighted by Gasteiger charge is 2.59. The van der Waals surface area contributed by atoms with E-state index in [1.807, 2.05) is 0 Å². The van der Waals surface area contributed by atoms with Crippen LogP contribution < -0.4 is 0 Å². The summed E-state index contributed by atoms with van der Waals surface area (Å²) in [6.45, 7) is 18.3. The molecule has 60 heavy (non-hydrogen) atoms. The normalized spacial score (nSPS) is 29.6. The van der Waals surface area contributed by atoms with E-state index in [9.17, 15) is 10.2 Å². The van der Waals surface area contributed by atoms with Crippen LogP contribution in [0.3, 0.4) is 0 Å². The molecule has 2 unspecified atom stereocenters. The minimum Gasteiger partial charge on any atom is -0.381 e. The van der Waals surface area contributed by atoms with Gasteiger partial charge in [0.1, 0.15) is 0 Å². The quantitative estimate of drug-likeness (QED) is 0.0399. The second-order valence-electron chi connectivity index (χ2n) is 21.1. The van der Waals surface area contributed by atoms with Gasteiger partial charge in [0.15, 0.2) is 6.29 Å². The van der Waals surface area contributed by atoms with Crippen LogP contribution in [0, 0.1) is 46.3 Å². The summed E-state index contributed by atoms with van der Waals surface area (Å²) >= 11 is 0. The predicted octanol–water partition coefficient (Wildman–Crippen LogP) is 14.0. The standard InChI is InChI=1S/C54H97NO5/c1-8-10-11-12-13-14-15-16-17-18-19-20-21-22-23-24-37-58-40-47(39-55(41-56)42-57)60-52(26-9-2)59-46-33-35-53(6)45(38-46)29-30-48-50-32-31-49(44(5)28-25-27-43(3)4)54(50,7)36-34-51(48)53/h13-14,16-17,29,43-44,46-52,56-57H,8-12,15,18-28,30-42H2,1-7H3/b14-13-,17-16-/t44-,46+,47?,48+,49-,50+,51+,52?,53+,54-/m1/s1. The van der Waals surface area contributed by atoms with Crippen LogP contribution in [0.4, 0.5) is 0 Å². The summed E-state index contributed by atoms with van der Waals surface area (Å²) in [5.74, 6) is 5.12. The van der Waals surface area contributed by atoms with Crippen LogP contribution in [0.1, 0.15) is 209 Å². The predicted molar refractivity (Wildman–Crippen MR) is 253 cm³/mol. The first-order valence-electron chi connectivity index (χ1n) is 25.9. The molecule has 348 valence electrons. The highest BCUT2D eigenvalue weighted by molar-refractivity contribution is 5.25. The molecule has 4 rings (SSSR count). The third-order valence-corrected chi connectivity index (χ3v) is 16.1. The molecular weight excluding hydrogens is 743 g/mol. The van der Waals surface area contributed by atoms with E-state index in [1.54, 1.807) is 10.5 Å². The molecule has 0 bridgehead atoms. The SMILES string of the molecule is CCCCC/C=C\C/C=C\CCCCCCCCOCC(CN(CO)CO)OC(CCC)O[C@H]1CC[C@@]2(C)C(=CC[C@H]3[C@@H]4CC[C@H]([C@H](C)CCCC(C)C)[C@@]4(C)CC[C@@H]32)C1. The molecule has 0 aromatic heterocycles. The van der Waals surface area contributed by atoms with Crippen molar-refractivity contribution in [2.24, 2.45) is 46.3 Å². The Balaban J connectivity index is 1.20. The summed E-state index contributed by atoms with van der Waals surface area (Å²) < 4.78 is 19.8. The molecule has 0 radical (unpaired) electrons. The second kappa shape index (κ2) is 28.0. The van der Waals surface area contributed by atoms with Crippen molar-refractivity contribution in [2.45, 2.75) is 227 Å². The van der Waals surface area contributed by atoms with Gasteiger partial charge in [-0.1, -0.05) is 149 Å². The molecule has 4 aliphatic rings. The van der Waals surface area contributed by atoms with Crippen LogP contribution in [0.15, 0.2) is 36.0 Å². The van der Waals surface area contributed by atoms with E-state index in [0.717, 1.165) is 74.0 Å². The van der Waals surface area contributed by atoms with Crippen LogP contribution in [0.2, 0.25) is 0 Å². The third-order valence-electron chi connectivity index (χ3n) is 16.1. The second-order valence-corrected chi connectivity index (χ2v) is 21.1. The van der Waals surface area contributed by atoms with Gasteiger partial charge < -0.3 is 24.4 Å². The Morgan fingerprint density at radius 1 is 0.767 bits per heavy atom.